The zero-order chi connectivity index (χ0) is 13.3. The first-order valence-electron chi connectivity index (χ1n) is 5.71. The maximum absolute atomic E-state index is 11.3. The number of anilines is 1. The van der Waals surface area contributed by atoms with Gasteiger partial charge in [0.2, 0.25) is 10.0 Å². The fraction of sp³-hybridized carbons (Fsp3) is 0.455. The monoisotopic (exact) mass is 289 g/mol. The van der Waals surface area contributed by atoms with Crippen molar-refractivity contribution in [2.75, 3.05) is 5.32 Å². The Kier molecular flexibility index (Phi) is 3.82. The molecule has 0 radical (unpaired) electrons. The van der Waals surface area contributed by atoms with E-state index in [1.165, 1.54) is 18.2 Å². The quantitative estimate of drug-likeness (QED) is 0.780. The Morgan fingerprint density at radius 2 is 2.06 bits per heavy atom. The molecule has 5 nitrogen and oxygen atoms in total. The van der Waals surface area contributed by atoms with Gasteiger partial charge in [-0.2, -0.15) is 0 Å². The Hall–Kier alpha value is -0.820. The molecule has 1 fully saturated rings. The molecular formula is C11H16ClN3O2S. The lowest BCUT2D eigenvalue weighted by Crippen LogP contribution is -2.21. The van der Waals surface area contributed by atoms with Crippen LogP contribution >= 0.6 is 11.6 Å². The van der Waals surface area contributed by atoms with Gasteiger partial charge in [-0.15, -0.1) is 0 Å². The summed E-state index contributed by atoms with van der Waals surface area (Å²) in [4.78, 5) is 0.0525. The molecule has 0 spiro atoms. The Bertz CT molecular complexity index is 547. The first-order valence-corrected chi connectivity index (χ1v) is 7.63. The number of halogens is 1. The minimum atomic E-state index is -3.71. The molecule has 2 rings (SSSR count). The highest BCUT2D eigenvalue weighted by molar-refractivity contribution is 7.89. The van der Waals surface area contributed by atoms with Crippen LogP contribution < -0.4 is 16.2 Å². The number of rotatable bonds is 3. The summed E-state index contributed by atoms with van der Waals surface area (Å²) in [6, 6.07) is 4.81. The molecule has 5 N–H and O–H groups in total. The highest BCUT2D eigenvalue weighted by Gasteiger charge is 2.22. The third-order valence-electron chi connectivity index (χ3n) is 3.10. The topological polar surface area (TPSA) is 98.2 Å². The van der Waals surface area contributed by atoms with Gasteiger partial charge in [0.15, 0.2) is 0 Å². The second kappa shape index (κ2) is 5.05. The molecule has 1 aromatic carbocycles. The van der Waals surface area contributed by atoms with Gasteiger partial charge in [-0.1, -0.05) is 11.6 Å². The minimum absolute atomic E-state index is 0.0525. The standard InChI is InChI=1S/C11H16ClN3O2S/c12-10-4-3-9(18(14,16)17)6-11(10)15-8-2-1-7(13)5-8/h3-4,6-8,15H,1-2,5,13H2,(H2,14,16,17). The van der Waals surface area contributed by atoms with Crippen LogP contribution in [0.15, 0.2) is 23.1 Å². The molecule has 18 heavy (non-hydrogen) atoms. The van der Waals surface area contributed by atoms with Crippen LogP contribution in [0.5, 0.6) is 0 Å². The normalized spacial score (nSPS) is 24.2. The lowest BCUT2D eigenvalue weighted by Gasteiger charge is -2.15. The molecular weight excluding hydrogens is 274 g/mol. The van der Waals surface area contributed by atoms with Crippen molar-refractivity contribution in [3.05, 3.63) is 23.2 Å². The van der Waals surface area contributed by atoms with Gasteiger partial charge in [0.1, 0.15) is 0 Å². The van der Waals surface area contributed by atoms with Crippen molar-refractivity contribution in [2.24, 2.45) is 10.9 Å². The van der Waals surface area contributed by atoms with E-state index in [1.807, 2.05) is 0 Å². The van der Waals surface area contributed by atoms with E-state index in [2.05, 4.69) is 5.32 Å². The van der Waals surface area contributed by atoms with Crippen molar-refractivity contribution in [1.82, 2.24) is 0 Å². The fourth-order valence-electron chi connectivity index (χ4n) is 2.16. The number of nitrogens with two attached hydrogens (primary N) is 2. The van der Waals surface area contributed by atoms with E-state index in [-0.39, 0.29) is 17.0 Å². The van der Waals surface area contributed by atoms with Crippen LogP contribution in [0.2, 0.25) is 5.02 Å². The summed E-state index contributed by atoms with van der Waals surface area (Å²) >= 11 is 6.03. The van der Waals surface area contributed by atoms with Gasteiger partial charge in [0, 0.05) is 12.1 Å². The van der Waals surface area contributed by atoms with E-state index in [1.54, 1.807) is 0 Å². The highest BCUT2D eigenvalue weighted by Crippen LogP contribution is 2.28. The van der Waals surface area contributed by atoms with E-state index >= 15 is 0 Å². The van der Waals surface area contributed by atoms with Crippen LogP contribution in [0, 0.1) is 0 Å². The minimum Gasteiger partial charge on any atom is -0.381 e. The van der Waals surface area contributed by atoms with Crippen LogP contribution in [0.3, 0.4) is 0 Å². The zero-order valence-corrected chi connectivity index (χ0v) is 11.3. The highest BCUT2D eigenvalue weighted by atomic mass is 35.5. The van der Waals surface area contributed by atoms with Crippen LogP contribution in [0.1, 0.15) is 19.3 Å². The summed E-state index contributed by atoms with van der Waals surface area (Å²) in [5.41, 5.74) is 6.41. The average Bonchev–Trinajstić information content (AvgIpc) is 2.66. The largest absolute Gasteiger partial charge is 0.381 e. The summed E-state index contributed by atoms with van der Waals surface area (Å²) in [6.45, 7) is 0. The van der Waals surface area contributed by atoms with Crippen molar-refractivity contribution < 1.29 is 8.42 Å². The third-order valence-corrected chi connectivity index (χ3v) is 4.34. The van der Waals surface area contributed by atoms with Gasteiger partial charge in [-0.25, -0.2) is 13.6 Å². The molecule has 1 aromatic rings. The Morgan fingerprint density at radius 3 is 2.61 bits per heavy atom. The summed E-state index contributed by atoms with van der Waals surface area (Å²) in [5.74, 6) is 0. The van der Waals surface area contributed by atoms with Crippen molar-refractivity contribution in [3.63, 3.8) is 0 Å². The van der Waals surface area contributed by atoms with Crippen molar-refractivity contribution in [3.8, 4) is 0 Å². The average molecular weight is 290 g/mol. The Balaban J connectivity index is 2.22. The summed E-state index contributed by atoms with van der Waals surface area (Å²) < 4.78 is 22.5. The van der Waals surface area contributed by atoms with E-state index in [0.717, 1.165) is 19.3 Å². The molecule has 1 aliphatic carbocycles. The third kappa shape index (κ3) is 3.14. The molecule has 7 heteroatoms. The Morgan fingerprint density at radius 1 is 1.33 bits per heavy atom. The molecule has 2 atom stereocenters. The van der Waals surface area contributed by atoms with Crippen molar-refractivity contribution in [1.29, 1.82) is 0 Å². The number of benzene rings is 1. The lowest BCUT2D eigenvalue weighted by atomic mass is 10.2. The summed E-state index contributed by atoms with van der Waals surface area (Å²) in [6.07, 6.45) is 2.77. The predicted molar refractivity (Wildman–Crippen MR) is 72.1 cm³/mol. The number of hydrogen-bond donors (Lipinski definition) is 3. The smallest absolute Gasteiger partial charge is 0.238 e. The molecule has 1 saturated carbocycles. The van der Waals surface area contributed by atoms with Gasteiger partial charge >= 0.3 is 0 Å². The van der Waals surface area contributed by atoms with Gasteiger partial charge in [0.05, 0.1) is 15.6 Å². The second-order valence-corrected chi connectivity index (χ2v) is 6.57. The SMILES string of the molecule is NC1CCC(Nc2cc(S(N)(=O)=O)ccc2Cl)C1. The molecule has 0 aliphatic heterocycles. The molecule has 100 valence electrons. The van der Waals surface area contributed by atoms with Crippen molar-refractivity contribution in [2.45, 2.75) is 36.2 Å². The predicted octanol–water partition coefficient (Wildman–Crippen LogP) is 1.28. The Labute approximate surface area is 112 Å². The number of sulfonamides is 1. The van der Waals surface area contributed by atoms with E-state index in [0.29, 0.717) is 10.7 Å². The maximum atomic E-state index is 11.3. The zero-order valence-electron chi connectivity index (χ0n) is 9.77. The van der Waals surface area contributed by atoms with Gasteiger partial charge in [-0.05, 0) is 37.5 Å². The van der Waals surface area contributed by atoms with Crippen LogP contribution in [-0.4, -0.2) is 20.5 Å². The number of nitrogens with one attached hydrogen (secondary N) is 1. The molecule has 0 heterocycles. The van der Waals surface area contributed by atoms with Gasteiger partial charge < -0.3 is 11.1 Å². The molecule has 2 unspecified atom stereocenters. The first kappa shape index (κ1) is 13.6. The molecule has 0 saturated heterocycles. The molecule has 1 aliphatic rings. The molecule has 0 aromatic heterocycles. The molecule has 0 bridgehead atoms. The van der Waals surface area contributed by atoms with Gasteiger partial charge in [-0.3, -0.25) is 0 Å². The van der Waals surface area contributed by atoms with E-state index in [9.17, 15) is 8.42 Å². The molecule has 0 amide bonds. The fourth-order valence-corrected chi connectivity index (χ4v) is 2.87. The van der Waals surface area contributed by atoms with Crippen LogP contribution in [0.25, 0.3) is 0 Å². The maximum Gasteiger partial charge on any atom is 0.238 e. The number of hydrogen-bond acceptors (Lipinski definition) is 4. The lowest BCUT2D eigenvalue weighted by molar-refractivity contribution is 0.598. The van der Waals surface area contributed by atoms with E-state index < -0.39 is 10.0 Å². The van der Waals surface area contributed by atoms with E-state index in [4.69, 9.17) is 22.5 Å². The second-order valence-electron chi connectivity index (χ2n) is 4.60. The summed E-state index contributed by atoms with van der Waals surface area (Å²) in [7, 11) is -3.71. The van der Waals surface area contributed by atoms with Gasteiger partial charge in [0.25, 0.3) is 0 Å². The summed E-state index contributed by atoms with van der Waals surface area (Å²) in [5, 5.41) is 8.78. The van der Waals surface area contributed by atoms with Crippen LogP contribution in [-0.2, 0) is 10.0 Å². The van der Waals surface area contributed by atoms with Crippen LogP contribution in [0.4, 0.5) is 5.69 Å². The number of primary sulfonamides is 1. The van der Waals surface area contributed by atoms with Crippen molar-refractivity contribution >= 4 is 27.3 Å². The first-order chi connectivity index (χ1) is 8.36.